The number of carbonyl (C=O) groups is 2. The number of para-hydroxylation sites is 1. The topological polar surface area (TPSA) is 58.6 Å². The number of ether oxygens (including phenoxy) is 1. The summed E-state index contributed by atoms with van der Waals surface area (Å²) in [5.74, 6) is 0.322. The molecule has 1 aliphatic rings. The van der Waals surface area contributed by atoms with Gasteiger partial charge in [0.2, 0.25) is 0 Å². The number of hydrogen-bond acceptors (Lipinski definition) is 4. The molecule has 0 atom stereocenters. The third-order valence-corrected chi connectivity index (χ3v) is 3.85. The van der Waals surface area contributed by atoms with Gasteiger partial charge in [0.1, 0.15) is 17.1 Å². The van der Waals surface area contributed by atoms with Gasteiger partial charge >= 0.3 is 0 Å². The largest absolute Gasteiger partial charge is 0.457 e. The first-order chi connectivity index (χ1) is 12.5. The van der Waals surface area contributed by atoms with Crippen LogP contribution in [0.2, 0.25) is 0 Å². The normalized spacial score (nSPS) is 15.8. The van der Waals surface area contributed by atoms with E-state index in [0.717, 1.165) is 0 Å². The number of rotatable bonds is 4. The van der Waals surface area contributed by atoms with Crippen LogP contribution in [0, 0.1) is 0 Å². The summed E-state index contributed by atoms with van der Waals surface area (Å²) in [7, 11) is 0. The highest BCUT2D eigenvalue weighted by Gasteiger charge is 2.34. The minimum atomic E-state index is -0.525. The second-order valence-corrected chi connectivity index (χ2v) is 6.10. The fourth-order valence-electron chi connectivity index (χ4n) is 2.43. The SMILES string of the molecule is C=C(C)/C=C1\C(=O)NC(=S)N(c2ccc(Oc3ccccc3)cc2)C1=O. The number of thiocarbonyl (C=S) groups is 1. The third-order valence-electron chi connectivity index (χ3n) is 3.57. The molecule has 0 radical (unpaired) electrons. The van der Waals surface area contributed by atoms with Crippen molar-refractivity contribution in [2.75, 3.05) is 4.90 Å². The summed E-state index contributed by atoms with van der Waals surface area (Å²) in [6, 6.07) is 16.2. The van der Waals surface area contributed by atoms with Gasteiger partial charge in [0.15, 0.2) is 5.11 Å². The van der Waals surface area contributed by atoms with Gasteiger partial charge in [-0.15, -0.1) is 0 Å². The first-order valence-electron chi connectivity index (χ1n) is 7.85. The molecule has 130 valence electrons. The van der Waals surface area contributed by atoms with Crippen LogP contribution < -0.4 is 15.0 Å². The molecule has 0 bridgehead atoms. The summed E-state index contributed by atoms with van der Waals surface area (Å²) in [5.41, 5.74) is 1.13. The second-order valence-electron chi connectivity index (χ2n) is 5.71. The van der Waals surface area contributed by atoms with Crippen LogP contribution in [0.15, 0.2) is 78.4 Å². The van der Waals surface area contributed by atoms with Crippen molar-refractivity contribution in [1.29, 1.82) is 0 Å². The zero-order valence-electron chi connectivity index (χ0n) is 14.1. The predicted molar refractivity (Wildman–Crippen MR) is 104 cm³/mol. The van der Waals surface area contributed by atoms with Gasteiger partial charge in [0.25, 0.3) is 11.8 Å². The van der Waals surface area contributed by atoms with Gasteiger partial charge in [0, 0.05) is 0 Å². The number of allylic oxidation sites excluding steroid dienone is 2. The van der Waals surface area contributed by atoms with Crippen molar-refractivity contribution >= 4 is 34.8 Å². The van der Waals surface area contributed by atoms with Crippen LogP contribution in [0.25, 0.3) is 0 Å². The first kappa shape index (κ1) is 17.6. The van der Waals surface area contributed by atoms with E-state index in [4.69, 9.17) is 17.0 Å². The van der Waals surface area contributed by atoms with Crippen LogP contribution >= 0.6 is 12.2 Å². The number of amides is 2. The van der Waals surface area contributed by atoms with Crippen molar-refractivity contribution in [3.05, 3.63) is 78.4 Å². The van der Waals surface area contributed by atoms with Crippen LogP contribution in [0.5, 0.6) is 11.5 Å². The Morgan fingerprint density at radius 3 is 2.31 bits per heavy atom. The molecule has 2 amide bonds. The average molecular weight is 364 g/mol. The lowest BCUT2D eigenvalue weighted by atomic mass is 10.1. The van der Waals surface area contributed by atoms with E-state index in [1.165, 1.54) is 11.0 Å². The van der Waals surface area contributed by atoms with Crippen LogP contribution in [-0.2, 0) is 9.59 Å². The molecule has 1 heterocycles. The molecule has 1 N–H and O–H groups in total. The zero-order valence-corrected chi connectivity index (χ0v) is 14.9. The number of nitrogens with one attached hydrogen (secondary N) is 1. The van der Waals surface area contributed by atoms with Gasteiger partial charge in [0.05, 0.1) is 5.69 Å². The van der Waals surface area contributed by atoms with E-state index < -0.39 is 11.8 Å². The van der Waals surface area contributed by atoms with Crippen molar-refractivity contribution in [2.24, 2.45) is 0 Å². The van der Waals surface area contributed by atoms with Gasteiger partial charge < -0.3 is 4.74 Å². The van der Waals surface area contributed by atoms with E-state index >= 15 is 0 Å². The average Bonchev–Trinajstić information content (AvgIpc) is 2.61. The predicted octanol–water partition coefficient (Wildman–Crippen LogP) is 3.73. The zero-order chi connectivity index (χ0) is 18.7. The molecule has 1 saturated heterocycles. The highest BCUT2D eigenvalue weighted by Crippen LogP contribution is 2.26. The molecule has 6 heteroatoms. The van der Waals surface area contributed by atoms with Crippen molar-refractivity contribution in [2.45, 2.75) is 6.92 Å². The lowest BCUT2D eigenvalue weighted by molar-refractivity contribution is -0.122. The maximum absolute atomic E-state index is 12.7. The summed E-state index contributed by atoms with van der Waals surface area (Å²) in [6.07, 6.45) is 1.44. The molecular weight excluding hydrogens is 348 g/mol. The van der Waals surface area contributed by atoms with Crippen LogP contribution in [0.1, 0.15) is 6.92 Å². The smallest absolute Gasteiger partial charge is 0.270 e. The molecule has 3 rings (SSSR count). The molecule has 0 saturated carbocycles. The van der Waals surface area contributed by atoms with E-state index in [-0.39, 0.29) is 10.7 Å². The summed E-state index contributed by atoms with van der Waals surface area (Å²) >= 11 is 5.16. The fourth-order valence-corrected chi connectivity index (χ4v) is 2.71. The molecule has 1 fully saturated rings. The molecule has 26 heavy (non-hydrogen) atoms. The maximum atomic E-state index is 12.7. The summed E-state index contributed by atoms with van der Waals surface area (Å²) < 4.78 is 5.74. The lowest BCUT2D eigenvalue weighted by Gasteiger charge is -2.29. The Balaban J connectivity index is 1.85. The summed E-state index contributed by atoms with van der Waals surface area (Å²) in [4.78, 5) is 26.0. The highest BCUT2D eigenvalue weighted by molar-refractivity contribution is 7.80. The Hall–Kier alpha value is -3.25. The summed E-state index contributed by atoms with van der Waals surface area (Å²) in [5, 5.41) is 2.56. The second kappa shape index (κ2) is 7.33. The van der Waals surface area contributed by atoms with E-state index in [2.05, 4.69) is 11.9 Å². The van der Waals surface area contributed by atoms with Crippen molar-refractivity contribution in [3.8, 4) is 11.5 Å². The van der Waals surface area contributed by atoms with Crippen molar-refractivity contribution < 1.29 is 14.3 Å². The molecule has 0 spiro atoms. The molecule has 5 nitrogen and oxygen atoms in total. The minimum Gasteiger partial charge on any atom is -0.457 e. The molecule has 1 aliphatic heterocycles. The highest BCUT2D eigenvalue weighted by atomic mass is 32.1. The Morgan fingerprint density at radius 2 is 1.69 bits per heavy atom. The maximum Gasteiger partial charge on any atom is 0.270 e. The number of benzene rings is 2. The van der Waals surface area contributed by atoms with Crippen LogP contribution in [0.4, 0.5) is 5.69 Å². The van der Waals surface area contributed by atoms with E-state index in [9.17, 15) is 9.59 Å². The van der Waals surface area contributed by atoms with Gasteiger partial charge in [-0.3, -0.25) is 19.8 Å². The molecular formula is C20H16N2O3S. The third kappa shape index (κ3) is 3.70. The minimum absolute atomic E-state index is 0.00397. The first-order valence-corrected chi connectivity index (χ1v) is 8.26. The van der Waals surface area contributed by atoms with E-state index in [1.807, 2.05) is 30.3 Å². The Kier molecular flexibility index (Phi) is 4.95. The van der Waals surface area contributed by atoms with Gasteiger partial charge in [-0.05, 0) is 61.6 Å². The number of hydrogen-bond donors (Lipinski definition) is 1. The lowest BCUT2D eigenvalue weighted by Crippen LogP contribution is -2.54. The van der Waals surface area contributed by atoms with Crippen LogP contribution in [0.3, 0.4) is 0 Å². The van der Waals surface area contributed by atoms with Crippen molar-refractivity contribution in [1.82, 2.24) is 5.32 Å². The Labute approximate surface area is 156 Å². The monoisotopic (exact) mass is 364 g/mol. The van der Waals surface area contributed by atoms with E-state index in [0.29, 0.717) is 22.8 Å². The van der Waals surface area contributed by atoms with E-state index in [1.54, 1.807) is 31.2 Å². The molecule has 0 aromatic heterocycles. The number of anilines is 1. The van der Waals surface area contributed by atoms with Gasteiger partial charge in [-0.1, -0.05) is 30.4 Å². The standard InChI is InChI=1S/C20H16N2O3S/c1-13(2)12-17-18(23)21-20(26)22(19(17)24)14-8-10-16(11-9-14)25-15-6-4-3-5-7-15/h3-12H,1H2,2H3,(H,21,23,26)/b17-12+. The number of carbonyl (C=O) groups excluding carboxylic acids is 2. The number of nitrogens with zero attached hydrogens (tertiary/aromatic N) is 1. The van der Waals surface area contributed by atoms with Crippen LogP contribution in [-0.4, -0.2) is 16.9 Å². The van der Waals surface area contributed by atoms with Crippen molar-refractivity contribution in [3.63, 3.8) is 0 Å². The molecule has 2 aromatic carbocycles. The fraction of sp³-hybridized carbons (Fsp3) is 0.0500. The molecule has 2 aromatic rings. The molecule has 0 unspecified atom stereocenters. The quantitative estimate of drug-likeness (QED) is 0.510. The van der Waals surface area contributed by atoms with Gasteiger partial charge in [-0.2, -0.15) is 0 Å². The Morgan fingerprint density at radius 1 is 1.08 bits per heavy atom. The van der Waals surface area contributed by atoms with Gasteiger partial charge in [-0.25, -0.2) is 0 Å². The Bertz CT molecular complexity index is 918. The summed E-state index contributed by atoms with van der Waals surface area (Å²) in [6.45, 7) is 5.42. The molecule has 0 aliphatic carbocycles.